The summed E-state index contributed by atoms with van der Waals surface area (Å²) in [5.74, 6) is 3.15. The van der Waals surface area contributed by atoms with Crippen molar-refractivity contribution >= 4 is 35.1 Å². The number of hydrogen-bond acceptors (Lipinski definition) is 3. The van der Waals surface area contributed by atoms with E-state index in [2.05, 4.69) is 133 Å². The lowest BCUT2D eigenvalue weighted by atomic mass is 10.1. The Labute approximate surface area is 236 Å². The maximum absolute atomic E-state index is 10.9. The summed E-state index contributed by atoms with van der Waals surface area (Å²) in [7, 11) is -6.03. The van der Waals surface area contributed by atoms with Gasteiger partial charge in [-0.1, -0.05) is 128 Å². The highest BCUT2D eigenvalue weighted by Gasteiger charge is 2.50. The van der Waals surface area contributed by atoms with Gasteiger partial charge >= 0.3 is 0 Å². The fourth-order valence-electron chi connectivity index (χ4n) is 5.29. The smallest absolute Gasteiger partial charge is 0.261 e. The lowest BCUT2D eigenvalue weighted by Crippen LogP contribution is -2.66. The van der Waals surface area contributed by atoms with Crippen molar-refractivity contribution in [3.63, 3.8) is 0 Å². The van der Waals surface area contributed by atoms with E-state index in [0.717, 1.165) is 24.6 Å². The Morgan fingerprint density at radius 1 is 0.816 bits per heavy atom. The summed E-state index contributed by atoms with van der Waals surface area (Å²) in [5, 5.41) is 13.4. The first-order valence-electron chi connectivity index (χ1n) is 14.5. The summed E-state index contributed by atoms with van der Waals surface area (Å²) in [6.45, 7) is 20.9. The van der Waals surface area contributed by atoms with Crippen LogP contribution in [0.4, 0.5) is 0 Å². The van der Waals surface area contributed by atoms with Crippen molar-refractivity contribution in [3.05, 3.63) is 60.7 Å². The minimum absolute atomic E-state index is 0.0642. The molecule has 6 heteroatoms. The summed E-state index contributed by atoms with van der Waals surface area (Å²) < 4.78 is 14.1. The van der Waals surface area contributed by atoms with Gasteiger partial charge < -0.3 is 14.0 Å². The predicted molar refractivity (Wildman–Crippen MR) is 172 cm³/mol. The Morgan fingerprint density at radius 2 is 1.29 bits per heavy atom. The van der Waals surface area contributed by atoms with Crippen molar-refractivity contribution < 1.29 is 14.0 Å². The highest BCUT2D eigenvalue weighted by atomic mass is 28.4. The zero-order valence-corrected chi connectivity index (χ0v) is 28.4. The summed E-state index contributed by atoms with van der Waals surface area (Å²) in [6.07, 6.45) is 0.559. The molecular formula is C32H52O3Si3. The second kappa shape index (κ2) is 14.2. The Kier molecular flexibility index (Phi) is 12.3. The number of benzene rings is 2. The van der Waals surface area contributed by atoms with Gasteiger partial charge in [0, 0.05) is 13.0 Å². The molecular weight excluding hydrogens is 517 g/mol. The van der Waals surface area contributed by atoms with Gasteiger partial charge in [-0.15, -0.1) is 5.54 Å². The Bertz CT molecular complexity index is 965. The van der Waals surface area contributed by atoms with Gasteiger partial charge in [0.05, 0.1) is 6.10 Å². The van der Waals surface area contributed by atoms with Gasteiger partial charge in [-0.2, -0.15) is 0 Å². The molecule has 0 aliphatic rings. The minimum atomic E-state index is -2.61. The van der Waals surface area contributed by atoms with E-state index < -0.39 is 30.8 Å². The fraction of sp³-hybridized carbons (Fsp3) is 0.562. The highest BCUT2D eigenvalue weighted by molar-refractivity contribution is 6.99. The molecule has 2 atom stereocenters. The lowest BCUT2D eigenvalue weighted by molar-refractivity contribution is 0.0964. The van der Waals surface area contributed by atoms with Gasteiger partial charge in [0.1, 0.15) is 14.2 Å². The molecule has 210 valence electrons. The van der Waals surface area contributed by atoms with Gasteiger partial charge in [-0.05, 0) is 40.0 Å². The molecule has 1 N–H and O–H groups in total. The normalized spacial score (nSPS) is 14.5. The highest BCUT2D eigenvalue weighted by Crippen LogP contribution is 2.37. The standard InChI is InChI=1S/C32H52O3Si3/c1-10-37(11-2,12-3)35-29(27-28(33)24-26-36(7,8)9)23-25-34-38(32(4,5)6,30-19-15-13-16-20-30)31-21-17-14-18-22-31/h13-22,28-29,33H,10-12,23,25,27H2,1-9H3/t28-,29+/m0/s1. The third kappa shape index (κ3) is 8.77. The van der Waals surface area contributed by atoms with E-state index >= 15 is 0 Å². The van der Waals surface area contributed by atoms with Crippen molar-refractivity contribution in [1.82, 2.24) is 0 Å². The molecule has 2 aromatic carbocycles. The molecule has 2 rings (SSSR count). The van der Waals surface area contributed by atoms with Crippen LogP contribution in [-0.2, 0) is 8.85 Å². The van der Waals surface area contributed by atoms with Gasteiger partial charge in [-0.3, -0.25) is 0 Å². The molecule has 2 aromatic rings. The first-order valence-corrected chi connectivity index (χ1v) is 22.4. The van der Waals surface area contributed by atoms with Crippen molar-refractivity contribution in [2.45, 2.75) is 109 Å². The number of aliphatic hydroxyl groups excluding tert-OH is 1. The molecule has 0 aromatic heterocycles. The third-order valence-corrected chi connectivity index (χ3v) is 18.3. The molecule has 0 heterocycles. The van der Waals surface area contributed by atoms with Crippen molar-refractivity contribution in [3.8, 4) is 11.5 Å². The van der Waals surface area contributed by atoms with Crippen LogP contribution in [0.15, 0.2) is 60.7 Å². The first kappa shape index (κ1) is 32.7. The maximum atomic E-state index is 10.9. The van der Waals surface area contributed by atoms with E-state index in [-0.39, 0.29) is 11.1 Å². The topological polar surface area (TPSA) is 38.7 Å². The van der Waals surface area contributed by atoms with Crippen LogP contribution in [0.2, 0.25) is 42.8 Å². The second-order valence-corrected chi connectivity index (χ2v) is 26.3. The maximum Gasteiger partial charge on any atom is 0.261 e. The van der Waals surface area contributed by atoms with Crippen molar-refractivity contribution in [2.75, 3.05) is 6.61 Å². The number of aliphatic hydroxyl groups is 1. The lowest BCUT2D eigenvalue weighted by Gasteiger charge is -2.43. The van der Waals surface area contributed by atoms with Gasteiger partial charge in [0.15, 0.2) is 8.32 Å². The summed E-state index contributed by atoms with van der Waals surface area (Å²) >= 11 is 0. The van der Waals surface area contributed by atoms with Crippen LogP contribution in [0, 0.1) is 11.5 Å². The van der Waals surface area contributed by atoms with Crippen LogP contribution in [0.5, 0.6) is 0 Å². The molecule has 0 aliphatic heterocycles. The van der Waals surface area contributed by atoms with Crippen LogP contribution in [0.1, 0.15) is 54.4 Å². The van der Waals surface area contributed by atoms with Crippen LogP contribution in [0.3, 0.4) is 0 Å². The number of hydrogen-bond donors (Lipinski definition) is 1. The van der Waals surface area contributed by atoms with Crippen LogP contribution in [0.25, 0.3) is 0 Å². The largest absolute Gasteiger partial charge is 0.414 e. The molecule has 0 bridgehead atoms. The van der Waals surface area contributed by atoms with Crippen molar-refractivity contribution in [1.29, 1.82) is 0 Å². The molecule has 3 nitrogen and oxygen atoms in total. The average molecular weight is 569 g/mol. The fourth-order valence-corrected chi connectivity index (χ4v) is 13.4. The summed E-state index contributed by atoms with van der Waals surface area (Å²) in [6, 6.07) is 24.8. The molecule has 0 saturated carbocycles. The quantitative estimate of drug-likeness (QED) is 0.209. The minimum Gasteiger partial charge on any atom is -0.414 e. The van der Waals surface area contributed by atoms with Crippen LogP contribution in [-0.4, -0.2) is 48.6 Å². The third-order valence-electron chi connectivity index (χ3n) is 7.62. The van der Waals surface area contributed by atoms with Gasteiger partial charge in [0.25, 0.3) is 8.32 Å². The van der Waals surface area contributed by atoms with Gasteiger partial charge in [-0.25, -0.2) is 0 Å². The second-order valence-electron chi connectivity index (χ2n) is 12.6. The van der Waals surface area contributed by atoms with Crippen LogP contribution < -0.4 is 10.4 Å². The molecule has 0 unspecified atom stereocenters. The van der Waals surface area contributed by atoms with E-state index in [1.165, 1.54) is 10.4 Å². The van der Waals surface area contributed by atoms with E-state index in [0.29, 0.717) is 13.0 Å². The SMILES string of the molecule is CC[Si](CC)(CC)O[C@H](CCO[Si](c1ccccc1)(c1ccccc1)C(C)(C)C)C[C@@H](O)C#C[Si](C)(C)C. The van der Waals surface area contributed by atoms with Gasteiger partial charge in [0.2, 0.25) is 0 Å². The van der Waals surface area contributed by atoms with E-state index in [4.69, 9.17) is 8.85 Å². The van der Waals surface area contributed by atoms with E-state index in [9.17, 15) is 5.11 Å². The van der Waals surface area contributed by atoms with E-state index in [1.54, 1.807) is 0 Å². The molecule has 0 aliphatic carbocycles. The molecule has 0 saturated heterocycles. The zero-order chi connectivity index (χ0) is 28.5. The molecule has 0 spiro atoms. The van der Waals surface area contributed by atoms with Crippen molar-refractivity contribution in [2.24, 2.45) is 0 Å². The number of rotatable bonds is 13. The summed E-state index contributed by atoms with van der Waals surface area (Å²) in [5.41, 5.74) is 3.35. The first-order chi connectivity index (χ1) is 17.8. The zero-order valence-electron chi connectivity index (χ0n) is 25.4. The Balaban J connectivity index is 2.40. The molecule has 0 fully saturated rings. The summed E-state index contributed by atoms with van der Waals surface area (Å²) in [4.78, 5) is 0. The van der Waals surface area contributed by atoms with Crippen LogP contribution >= 0.6 is 0 Å². The Morgan fingerprint density at radius 3 is 1.68 bits per heavy atom. The average Bonchev–Trinajstić information content (AvgIpc) is 2.88. The molecule has 38 heavy (non-hydrogen) atoms. The monoisotopic (exact) mass is 568 g/mol. The van der Waals surface area contributed by atoms with E-state index in [1.807, 2.05) is 0 Å². The Hall–Kier alpha value is -1.47. The molecule has 0 radical (unpaired) electrons. The predicted octanol–water partition coefficient (Wildman–Crippen LogP) is 6.98. The molecule has 0 amide bonds.